The molecule has 2 atom stereocenters. The van der Waals surface area contributed by atoms with E-state index in [1.807, 2.05) is 62.1 Å². The average Bonchev–Trinajstić information content (AvgIpc) is 2.89. The van der Waals surface area contributed by atoms with E-state index in [4.69, 9.17) is 4.74 Å². The lowest BCUT2D eigenvalue weighted by molar-refractivity contribution is -0.134. The van der Waals surface area contributed by atoms with Crippen LogP contribution in [0.3, 0.4) is 0 Å². The molecule has 7 heteroatoms. The Balaban J connectivity index is 1.59. The molecule has 1 N–H and O–H groups in total. The van der Waals surface area contributed by atoms with Crippen LogP contribution in [0.4, 0.5) is 4.39 Å². The van der Waals surface area contributed by atoms with E-state index in [-0.39, 0.29) is 23.5 Å². The first-order chi connectivity index (χ1) is 17.9. The van der Waals surface area contributed by atoms with Crippen molar-refractivity contribution in [3.8, 4) is 5.75 Å². The minimum atomic E-state index is -0.676. The molecule has 0 spiro atoms. The lowest BCUT2D eigenvalue weighted by atomic mass is 9.87. The van der Waals surface area contributed by atoms with Crippen molar-refractivity contribution in [2.45, 2.75) is 58.7 Å². The molecule has 3 aromatic rings. The molecule has 0 aliphatic carbocycles. The van der Waals surface area contributed by atoms with Crippen LogP contribution in [0.25, 0.3) is 0 Å². The number of benzene rings is 2. The lowest BCUT2D eigenvalue weighted by Gasteiger charge is -2.38. The van der Waals surface area contributed by atoms with E-state index in [2.05, 4.69) is 10.3 Å². The Labute approximate surface area is 217 Å². The van der Waals surface area contributed by atoms with E-state index in [0.29, 0.717) is 38.1 Å². The van der Waals surface area contributed by atoms with Crippen LogP contribution in [0.15, 0.2) is 67.0 Å². The summed E-state index contributed by atoms with van der Waals surface area (Å²) in [6.07, 6.45) is 4.34. The van der Waals surface area contributed by atoms with Crippen molar-refractivity contribution in [1.29, 1.82) is 0 Å². The smallest absolute Gasteiger partial charge is 0.261 e. The van der Waals surface area contributed by atoms with Crippen LogP contribution in [-0.4, -0.2) is 34.3 Å². The van der Waals surface area contributed by atoms with Gasteiger partial charge in [-0.05, 0) is 71.3 Å². The van der Waals surface area contributed by atoms with Crippen LogP contribution < -0.4 is 10.1 Å². The first-order valence-electron chi connectivity index (χ1n) is 12.9. The standard InChI is InChI=1S/C30H34FN3O3/c1-4-27(30(36)33-19-21-7-6-13-32-18-21)37-25-11-10-22-12-14-34(28(35)15-20(2)3)29(26(22)17-25)23-8-5-9-24(31)16-23/h5-11,13,16-18,20,27,29H,4,12,14-15,19H2,1-3H3,(H,33,36)/t27-,29+/m0/s1. The topological polar surface area (TPSA) is 71.5 Å². The number of nitrogens with zero attached hydrogens (tertiary/aromatic N) is 2. The number of rotatable bonds is 9. The SMILES string of the molecule is CC[C@H](Oc1ccc2c(c1)[C@@H](c1cccc(F)c1)N(C(=O)CC(C)C)CC2)C(=O)NCc1cccnc1. The van der Waals surface area contributed by atoms with Gasteiger partial charge in [0.15, 0.2) is 6.10 Å². The number of fused-ring (bicyclic) bond motifs is 1. The van der Waals surface area contributed by atoms with Crippen molar-refractivity contribution >= 4 is 11.8 Å². The molecule has 1 aliphatic rings. The Hall–Kier alpha value is -3.74. The van der Waals surface area contributed by atoms with E-state index in [1.165, 1.54) is 12.1 Å². The summed E-state index contributed by atoms with van der Waals surface area (Å²) >= 11 is 0. The Morgan fingerprint density at radius 2 is 2.00 bits per heavy atom. The fourth-order valence-corrected chi connectivity index (χ4v) is 4.73. The number of carbonyl (C=O) groups is 2. The molecule has 0 saturated carbocycles. The molecule has 37 heavy (non-hydrogen) atoms. The van der Waals surface area contributed by atoms with Gasteiger partial charge in [0.1, 0.15) is 11.6 Å². The van der Waals surface area contributed by atoms with Crippen LogP contribution in [0.1, 0.15) is 61.9 Å². The summed E-state index contributed by atoms with van der Waals surface area (Å²) < 4.78 is 20.4. The van der Waals surface area contributed by atoms with Gasteiger partial charge in [0.25, 0.3) is 5.91 Å². The van der Waals surface area contributed by atoms with Gasteiger partial charge in [0.2, 0.25) is 5.91 Å². The Morgan fingerprint density at radius 3 is 2.70 bits per heavy atom. The van der Waals surface area contributed by atoms with Crippen LogP contribution in [0, 0.1) is 11.7 Å². The van der Waals surface area contributed by atoms with Gasteiger partial charge in [-0.3, -0.25) is 14.6 Å². The van der Waals surface area contributed by atoms with Gasteiger partial charge >= 0.3 is 0 Å². The minimum Gasteiger partial charge on any atom is -0.481 e. The van der Waals surface area contributed by atoms with Gasteiger partial charge in [-0.2, -0.15) is 0 Å². The fourth-order valence-electron chi connectivity index (χ4n) is 4.73. The van der Waals surface area contributed by atoms with Crippen LogP contribution >= 0.6 is 0 Å². The highest BCUT2D eigenvalue weighted by Gasteiger charge is 2.33. The number of carbonyl (C=O) groups excluding carboxylic acids is 2. The fraction of sp³-hybridized carbons (Fsp3) is 0.367. The van der Waals surface area contributed by atoms with Gasteiger partial charge in [-0.15, -0.1) is 0 Å². The summed E-state index contributed by atoms with van der Waals surface area (Å²) in [7, 11) is 0. The second kappa shape index (κ2) is 12.0. The molecule has 0 unspecified atom stereocenters. The molecular weight excluding hydrogens is 469 g/mol. The van der Waals surface area contributed by atoms with E-state index in [9.17, 15) is 14.0 Å². The van der Waals surface area contributed by atoms with Crippen LogP contribution in [-0.2, 0) is 22.6 Å². The predicted molar refractivity (Wildman–Crippen MR) is 140 cm³/mol. The monoisotopic (exact) mass is 503 g/mol. The van der Waals surface area contributed by atoms with E-state index in [1.54, 1.807) is 18.5 Å². The maximum absolute atomic E-state index is 14.2. The maximum atomic E-state index is 14.2. The molecular formula is C30H34FN3O3. The van der Waals surface area contributed by atoms with Crippen molar-refractivity contribution in [2.75, 3.05) is 6.54 Å². The Kier molecular flexibility index (Phi) is 8.54. The molecule has 0 bridgehead atoms. The lowest BCUT2D eigenvalue weighted by Crippen LogP contribution is -2.41. The zero-order valence-electron chi connectivity index (χ0n) is 21.6. The van der Waals surface area contributed by atoms with Gasteiger partial charge in [-0.25, -0.2) is 4.39 Å². The summed E-state index contributed by atoms with van der Waals surface area (Å²) in [5.74, 6) is 0.250. The molecule has 1 aliphatic heterocycles. The molecule has 4 rings (SSSR count). The molecule has 2 aromatic carbocycles. The number of amides is 2. The number of hydrogen-bond donors (Lipinski definition) is 1. The van der Waals surface area contributed by atoms with Crippen molar-refractivity contribution in [2.24, 2.45) is 5.92 Å². The number of nitrogens with one attached hydrogen (secondary N) is 1. The molecule has 2 heterocycles. The van der Waals surface area contributed by atoms with Crippen LogP contribution in [0.2, 0.25) is 0 Å². The molecule has 6 nitrogen and oxygen atoms in total. The van der Waals surface area contributed by atoms with E-state index < -0.39 is 12.1 Å². The quantitative estimate of drug-likeness (QED) is 0.435. The third-order valence-corrected chi connectivity index (χ3v) is 6.54. The third-order valence-electron chi connectivity index (χ3n) is 6.54. The number of pyridine rings is 1. The summed E-state index contributed by atoms with van der Waals surface area (Å²) in [5, 5.41) is 2.92. The normalized spacial score (nSPS) is 15.7. The minimum absolute atomic E-state index is 0.0439. The molecule has 1 aromatic heterocycles. The maximum Gasteiger partial charge on any atom is 0.261 e. The Bertz CT molecular complexity index is 1230. The first-order valence-corrected chi connectivity index (χ1v) is 12.9. The van der Waals surface area contributed by atoms with Gasteiger partial charge in [0.05, 0.1) is 6.04 Å². The summed E-state index contributed by atoms with van der Waals surface area (Å²) in [6.45, 7) is 6.86. The highest BCUT2D eigenvalue weighted by molar-refractivity contribution is 5.81. The molecule has 194 valence electrons. The average molecular weight is 504 g/mol. The van der Waals surface area contributed by atoms with Crippen LogP contribution in [0.5, 0.6) is 5.75 Å². The molecule has 0 saturated heterocycles. The van der Waals surface area contributed by atoms with Crippen molar-refractivity contribution in [1.82, 2.24) is 15.2 Å². The van der Waals surface area contributed by atoms with Crippen molar-refractivity contribution < 1.29 is 18.7 Å². The zero-order chi connectivity index (χ0) is 26.4. The molecule has 0 fully saturated rings. The first kappa shape index (κ1) is 26.3. The molecule has 0 radical (unpaired) electrons. The summed E-state index contributed by atoms with van der Waals surface area (Å²) in [5.41, 5.74) is 3.61. The molecule has 2 amide bonds. The van der Waals surface area contributed by atoms with Gasteiger partial charge in [-0.1, -0.05) is 45.0 Å². The number of hydrogen-bond acceptors (Lipinski definition) is 4. The second-order valence-electron chi connectivity index (χ2n) is 9.85. The largest absolute Gasteiger partial charge is 0.481 e. The summed E-state index contributed by atoms with van der Waals surface area (Å²) in [4.78, 5) is 32.0. The van der Waals surface area contributed by atoms with Gasteiger partial charge in [0, 0.05) is 31.9 Å². The Morgan fingerprint density at radius 1 is 1.16 bits per heavy atom. The number of halogens is 1. The summed E-state index contributed by atoms with van der Waals surface area (Å²) in [6, 6.07) is 15.5. The number of ether oxygens (including phenoxy) is 1. The highest BCUT2D eigenvalue weighted by Crippen LogP contribution is 2.38. The van der Waals surface area contributed by atoms with E-state index >= 15 is 0 Å². The van der Waals surface area contributed by atoms with E-state index in [0.717, 1.165) is 22.3 Å². The van der Waals surface area contributed by atoms with Crippen molar-refractivity contribution in [3.05, 3.63) is 95.1 Å². The third kappa shape index (κ3) is 6.53. The predicted octanol–water partition coefficient (Wildman–Crippen LogP) is 5.21. The van der Waals surface area contributed by atoms with Crippen molar-refractivity contribution in [3.63, 3.8) is 0 Å². The number of aromatic nitrogens is 1. The highest BCUT2D eigenvalue weighted by atomic mass is 19.1. The van der Waals surface area contributed by atoms with Gasteiger partial charge < -0.3 is 15.0 Å². The second-order valence-corrected chi connectivity index (χ2v) is 9.85. The zero-order valence-corrected chi connectivity index (χ0v) is 21.6.